The van der Waals surface area contributed by atoms with E-state index >= 15 is 0 Å². The molecule has 0 spiro atoms. The Balaban J connectivity index is 0.000000208. The van der Waals surface area contributed by atoms with E-state index in [1.165, 1.54) is 20.3 Å². The zero-order valence-electron chi connectivity index (χ0n) is 37.1. The smallest absolute Gasteiger partial charge is 0.340 e. The van der Waals surface area contributed by atoms with Gasteiger partial charge in [-0.15, -0.1) is 22.6 Å². The van der Waals surface area contributed by atoms with E-state index < -0.39 is 11.9 Å². The van der Waals surface area contributed by atoms with Crippen LogP contribution in [0.5, 0.6) is 17.4 Å². The lowest BCUT2D eigenvalue weighted by Crippen LogP contribution is -2.11. The number of carbonyl (C=O) groups excluding carboxylic acids is 2. The highest BCUT2D eigenvalue weighted by atomic mass is 79.9. The number of methoxy groups -OCH3 is 2. The monoisotopic (exact) mass is 1220 g/mol. The number of rotatable bonds is 12. The van der Waals surface area contributed by atoms with Gasteiger partial charge in [0.25, 0.3) is 0 Å². The molecular formula is C44H42Br4Cl2N12O6. The predicted molar refractivity (Wildman–Crippen MR) is 269 cm³/mol. The summed E-state index contributed by atoms with van der Waals surface area (Å²) in [5.41, 5.74) is 7.87. The lowest BCUT2D eigenvalue weighted by molar-refractivity contribution is 0.0592. The van der Waals surface area contributed by atoms with Gasteiger partial charge < -0.3 is 30.0 Å². The van der Waals surface area contributed by atoms with E-state index in [1.54, 1.807) is 33.9 Å². The molecule has 68 heavy (non-hydrogen) atoms. The highest BCUT2D eigenvalue weighted by Crippen LogP contribution is 2.36. The van der Waals surface area contributed by atoms with E-state index in [0.29, 0.717) is 72.1 Å². The maximum absolute atomic E-state index is 12.4. The highest BCUT2D eigenvalue weighted by Gasteiger charge is 2.27. The molecule has 0 atom stereocenters. The lowest BCUT2D eigenvalue weighted by Gasteiger charge is -2.16. The maximum Gasteiger partial charge on any atom is 0.340 e. The van der Waals surface area contributed by atoms with Crippen molar-refractivity contribution in [1.29, 1.82) is 10.5 Å². The van der Waals surface area contributed by atoms with Gasteiger partial charge in [0.2, 0.25) is 15.3 Å². The number of hydrogen-bond acceptors (Lipinski definition) is 16. The SMILES string of the molecule is COC(=O)c1cc(O)cc(C)c1NC1CC1.COC(=O)c1cc(Oc2ncc(Cn3nc(Br)nc3Br)c(C)c2C#N)cc(C)c1NC1CC1.Cc1c(Cn2nc(Br)nc2Br)cnc(Cl)c1C#N.Cl. The zero-order valence-corrected chi connectivity index (χ0v) is 45.0. The van der Waals surface area contributed by atoms with Crippen molar-refractivity contribution in [2.75, 3.05) is 24.9 Å². The number of aryl methyl sites for hydroxylation is 2. The molecule has 6 aromatic rings. The van der Waals surface area contributed by atoms with Crippen molar-refractivity contribution >= 4 is 111 Å². The quantitative estimate of drug-likeness (QED) is 0.0586. The number of carbonyl (C=O) groups is 2. The molecule has 3 N–H and O–H groups in total. The molecule has 8 rings (SSSR count). The number of pyridine rings is 2. The average molecular weight is 1230 g/mol. The number of esters is 2. The Labute approximate surface area is 436 Å². The average Bonchev–Trinajstić information content (AvgIpc) is 4.23. The number of benzene rings is 2. The standard InChI is InChI=1S/C22H20Br2N6O3.C12H15NO3.C10H6Br2ClN5.ClH/c1-11-6-15(7-16(20(31)32-3)18(11)27-14-4-5-14)33-19-17(8-25)12(2)13(9-26-19)10-30-22(24)28-21(23)29-30;1-7-5-9(14)6-10(12(15)16-2)11(7)13-8-3-4-8;1-5-6(3-15-8(13)7(5)2-14)4-18-10(12)16-9(11)17-18;/h6-7,9,14,27H,4-5,10H2,1-3H3;5-6,8,13-14H,3-4H2,1-2H3;3H,4H2,1H3;1H. The number of aromatic hydroxyl groups is 1. The van der Waals surface area contributed by atoms with Crippen LogP contribution in [0.15, 0.2) is 55.6 Å². The number of halogens is 6. The van der Waals surface area contributed by atoms with Gasteiger partial charge in [-0.2, -0.15) is 20.5 Å². The normalized spacial score (nSPS) is 12.4. The topological polar surface area (TPSA) is 241 Å². The Kier molecular flexibility index (Phi) is 18.7. The Bertz CT molecular complexity index is 2950. The van der Waals surface area contributed by atoms with E-state index in [0.717, 1.165) is 70.4 Å². The number of phenols is 1. The summed E-state index contributed by atoms with van der Waals surface area (Å²) < 4.78 is 21.1. The van der Waals surface area contributed by atoms with Crippen LogP contribution < -0.4 is 15.4 Å². The molecule has 18 nitrogen and oxygen atoms in total. The molecule has 0 unspecified atom stereocenters. The molecule has 0 radical (unpaired) electrons. The van der Waals surface area contributed by atoms with E-state index in [9.17, 15) is 20.0 Å². The summed E-state index contributed by atoms with van der Waals surface area (Å²) in [5, 5.41) is 43.6. The van der Waals surface area contributed by atoms with Crippen molar-refractivity contribution in [2.24, 2.45) is 0 Å². The lowest BCUT2D eigenvalue weighted by atomic mass is 10.1. The molecule has 0 amide bonds. The summed E-state index contributed by atoms with van der Waals surface area (Å²) in [7, 11) is 2.68. The van der Waals surface area contributed by atoms with Crippen LogP contribution in [-0.4, -0.2) is 82.8 Å². The van der Waals surface area contributed by atoms with Crippen LogP contribution in [0, 0.1) is 50.4 Å². The second kappa shape index (κ2) is 23.8. The molecular weight excluding hydrogens is 1180 g/mol. The van der Waals surface area contributed by atoms with Gasteiger partial charge >= 0.3 is 11.9 Å². The van der Waals surface area contributed by atoms with Gasteiger partial charge in [-0.1, -0.05) is 11.6 Å². The molecule has 0 bridgehead atoms. The first-order valence-corrected chi connectivity index (χ1v) is 23.8. The highest BCUT2D eigenvalue weighted by molar-refractivity contribution is 9.11. The van der Waals surface area contributed by atoms with Gasteiger partial charge in [0.1, 0.15) is 34.4 Å². The summed E-state index contributed by atoms with van der Waals surface area (Å²) in [6.45, 7) is 8.25. The first kappa shape index (κ1) is 53.6. The molecule has 24 heteroatoms. The van der Waals surface area contributed by atoms with E-state index in [2.05, 4.69) is 111 Å². The van der Waals surface area contributed by atoms with Gasteiger partial charge in [-0.25, -0.2) is 28.9 Å². The van der Waals surface area contributed by atoms with Crippen molar-refractivity contribution in [3.05, 3.63) is 116 Å². The Morgan fingerprint density at radius 3 is 1.65 bits per heavy atom. The fourth-order valence-electron chi connectivity index (χ4n) is 6.49. The molecule has 0 aliphatic heterocycles. The minimum Gasteiger partial charge on any atom is -0.508 e. The third kappa shape index (κ3) is 13.4. The number of nitriles is 2. The number of ether oxygens (including phenoxy) is 3. The van der Waals surface area contributed by atoms with Gasteiger partial charge in [0.15, 0.2) is 9.47 Å². The number of phenolic OH excluding ortho intramolecular Hbond substituents is 1. The maximum atomic E-state index is 12.4. The molecule has 4 aromatic heterocycles. The number of anilines is 2. The van der Waals surface area contributed by atoms with Crippen LogP contribution in [0.4, 0.5) is 11.4 Å². The Morgan fingerprint density at radius 1 is 0.750 bits per heavy atom. The van der Waals surface area contributed by atoms with Gasteiger partial charge in [-0.3, -0.25) is 0 Å². The molecule has 2 fully saturated rings. The molecule has 2 aliphatic carbocycles. The minimum absolute atomic E-state index is 0. The van der Waals surface area contributed by atoms with Gasteiger partial charge in [-0.05, 0) is 175 Å². The number of nitrogens with one attached hydrogen (secondary N) is 2. The van der Waals surface area contributed by atoms with E-state index in [-0.39, 0.29) is 29.2 Å². The number of nitrogens with zero attached hydrogens (tertiary/aromatic N) is 10. The summed E-state index contributed by atoms with van der Waals surface area (Å²) >= 11 is 18.9. The molecule has 2 aliphatic rings. The van der Waals surface area contributed by atoms with E-state index in [4.69, 9.17) is 31.1 Å². The fourth-order valence-corrected chi connectivity index (χ4v) is 8.66. The number of hydrogen-bond donors (Lipinski definition) is 3. The summed E-state index contributed by atoms with van der Waals surface area (Å²) in [6, 6.07) is 11.5. The van der Waals surface area contributed by atoms with Crippen LogP contribution in [0.3, 0.4) is 0 Å². The first-order chi connectivity index (χ1) is 31.9. The molecule has 0 saturated heterocycles. The Hall–Kier alpha value is -5.36. The second-order valence-electron chi connectivity index (χ2n) is 15.3. The van der Waals surface area contributed by atoms with E-state index in [1.807, 2.05) is 39.8 Å². The fraction of sp³-hybridized carbons (Fsp3) is 0.318. The van der Waals surface area contributed by atoms with Crippen LogP contribution in [-0.2, 0) is 22.6 Å². The van der Waals surface area contributed by atoms with Crippen molar-refractivity contribution in [2.45, 2.75) is 78.6 Å². The van der Waals surface area contributed by atoms with Crippen LogP contribution in [0.1, 0.15) is 90.9 Å². The summed E-state index contributed by atoms with van der Waals surface area (Å²) in [4.78, 5) is 40.6. The van der Waals surface area contributed by atoms with Crippen LogP contribution in [0.25, 0.3) is 0 Å². The largest absolute Gasteiger partial charge is 0.508 e. The zero-order chi connectivity index (χ0) is 48.7. The van der Waals surface area contributed by atoms with Crippen molar-refractivity contribution in [3.63, 3.8) is 0 Å². The first-order valence-electron chi connectivity index (χ1n) is 20.2. The minimum atomic E-state index is -0.462. The van der Waals surface area contributed by atoms with Crippen molar-refractivity contribution in [3.8, 4) is 29.5 Å². The van der Waals surface area contributed by atoms with Crippen molar-refractivity contribution < 1.29 is 28.9 Å². The Morgan fingerprint density at radius 2 is 1.21 bits per heavy atom. The molecule has 2 aromatic carbocycles. The second-order valence-corrected chi connectivity index (χ2v) is 18.5. The van der Waals surface area contributed by atoms with Gasteiger partial charge in [0.05, 0.1) is 55.4 Å². The van der Waals surface area contributed by atoms with Crippen LogP contribution >= 0.6 is 87.7 Å². The summed E-state index contributed by atoms with van der Waals surface area (Å²) in [6.07, 6.45) is 7.68. The molecule has 4 heterocycles. The van der Waals surface area contributed by atoms with Crippen LogP contribution in [0.2, 0.25) is 5.15 Å². The third-order valence-electron chi connectivity index (χ3n) is 10.4. The molecule has 356 valence electrons. The number of aromatic nitrogens is 8. The predicted octanol–water partition coefficient (Wildman–Crippen LogP) is 10.5. The van der Waals surface area contributed by atoms with Crippen molar-refractivity contribution in [1.82, 2.24) is 39.5 Å². The van der Waals surface area contributed by atoms with Gasteiger partial charge in [0, 0.05) is 24.5 Å². The third-order valence-corrected chi connectivity index (χ3v) is 12.5. The summed E-state index contributed by atoms with van der Waals surface area (Å²) in [5.74, 6) is -0.248. The molecule has 2 saturated carbocycles.